The number of hydrogen-bond donors (Lipinski definition) is 8. The molecular formula is C69H123N12O19P3S2. The lowest BCUT2D eigenvalue weighted by atomic mass is 9.87. The number of aryl methyl sites for hydroxylation is 1. The van der Waals surface area contributed by atoms with Crippen molar-refractivity contribution in [3.05, 3.63) is 90.5 Å². The molecule has 0 bridgehead atoms. The molecule has 4 saturated heterocycles. The maximum atomic E-state index is 12.4. The Morgan fingerprint density at radius 3 is 1.05 bits per heavy atom. The minimum absolute atomic E-state index is 0.0472. The van der Waals surface area contributed by atoms with Gasteiger partial charge in [-0.2, -0.15) is 19.9 Å². The Hall–Kier alpha value is -4.31. The van der Waals surface area contributed by atoms with Gasteiger partial charge in [0.25, 0.3) is 0 Å². The summed E-state index contributed by atoms with van der Waals surface area (Å²) in [6, 6.07) is 4.65. The molecule has 12 N–H and O–H groups in total. The molecular weight excluding hydrogens is 1460 g/mol. The molecule has 31 nitrogen and oxygen atoms in total. The molecule has 4 aromatic heterocycles. The Kier molecular flexibility index (Phi) is 32.5. The standard InChI is InChI=1S/C17H30N3O6P.C17H30N3O5PS.C17H29N3O3.C14H24N3O5PS.C4H10/c1-16(2,3)10-12-11(25-27(22,23)26-17(4,5)6)9-14(24-12)20-8-7-13(18)19-15(20)21;1-16(2,3)10-12-11(24-26(22,27)25-17(4,5)6)9-14(23-12)20-8-7-13(18)19-15(20)21;1-16(2,3)10-12-11(23-17(4,5)6)9-14(22-12)20-8-7-13(18)19-15(20)21;1-8-7-17(13(18)16-12(8)15)11-5-9(22-23(19,20)24)10(21-11)6-14(2,3)4;1-4(2)3/h7-8,11-12,14H,9-10H2,1-6H3,(H,22,23)(H2,18,19,21);7-8,11-12,14H,9-10H2,1-6H3,(H,22,27)(H2,18,19,21);7-8,11-12,14H,9-10H2,1-6H3,(H2,18,19,21);7,9-11H,5-6H2,1-4H3,(H2,15,16,18)(H2,19,20,24);4H,1-3H3/t11?,12-,14-;11?,12-,14-,26?;11?,12-,14-;9?,10-,11-;/m1111./s1. The predicted molar refractivity (Wildman–Crippen MR) is 413 cm³/mol. The molecule has 8 rings (SSSR count). The molecule has 0 radical (unpaired) electrons. The third-order valence-electron chi connectivity index (χ3n) is 15.0. The van der Waals surface area contributed by atoms with Crippen molar-refractivity contribution < 1.29 is 70.4 Å². The van der Waals surface area contributed by atoms with Crippen molar-refractivity contribution in [2.24, 2.45) is 27.6 Å². The number of nitrogen functional groups attached to an aromatic ring is 4. The summed E-state index contributed by atoms with van der Waals surface area (Å²) in [6.07, 6.45) is 5.02. The van der Waals surface area contributed by atoms with Crippen LogP contribution in [0.15, 0.2) is 62.2 Å². The zero-order valence-electron chi connectivity index (χ0n) is 66.2. The van der Waals surface area contributed by atoms with Gasteiger partial charge >= 0.3 is 44.0 Å². The van der Waals surface area contributed by atoms with Crippen LogP contribution in [-0.2, 0) is 74.5 Å². The Labute approximate surface area is 629 Å². The van der Waals surface area contributed by atoms with Crippen LogP contribution in [0.4, 0.5) is 23.3 Å². The molecule has 600 valence electrons. The topological polar surface area (TPSA) is 434 Å². The number of phosphoric acid groups is 1. The van der Waals surface area contributed by atoms with Crippen LogP contribution < -0.4 is 45.7 Å². The molecule has 4 aliphatic heterocycles. The predicted octanol–water partition coefficient (Wildman–Crippen LogP) is 11.7. The summed E-state index contributed by atoms with van der Waals surface area (Å²) in [6.45, 7) is 42.4. The SMILES string of the molecule is CC(C)(C)C[C@H]1O[C@@H](n2ccc(N)nc2=O)CC1OC(C)(C)C.CC(C)(C)C[C@H]1O[C@@H](n2ccc(N)nc2=O)CC1OP(=O)(O)OC(C)(C)C.CC(C)(C)C[C@H]1O[C@@H](n2ccc(N)nc2=O)CC1OP(O)(=S)OC(C)(C)C.CC(C)C.Cc1cn([C@H]2CC(OP(O)(O)=S)[C@@H](CC(C)(C)C)O2)c(=O)nc1N. The van der Waals surface area contributed by atoms with Gasteiger partial charge in [-0.15, -0.1) is 0 Å². The Balaban J connectivity index is 0.000000291. The van der Waals surface area contributed by atoms with E-state index in [0.717, 1.165) is 12.3 Å². The highest BCUT2D eigenvalue weighted by Gasteiger charge is 2.47. The van der Waals surface area contributed by atoms with E-state index >= 15 is 0 Å². The second-order valence-electron chi connectivity index (χ2n) is 35.4. The average Bonchev–Trinajstić information content (AvgIpc) is 1.61. The Bertz CT molecular complexity index is 3730. The summed E-state index contributed by atoms with van der Waals surface area (Å²) in [5.41, 5.74) is 19.1. The summed E-state index contributed by atoms with van der Waals surface area (Å²) < 4.78 is 75.6. The monoisotopic (exact) mass is 1580 g/mol. The van der Waals surface area contributed by atoms with E-state index in [-0.39, 0.29) is 93.6 Å². The molecule has 0 aromatic carbocycles. The van der Waals surface area contributed by atoms with E-state index in [1.807, 2.05) is 62.3 Å². The number of phosphoric ester groups is 1. The first-order valence-corrected chi connectivity index (χ1v) is 41.9. The summed E-state index contributed by atoms with van der Waals surface area (Å²) in [5.74, 6) is 1.50. The van der Waals surface area contributed by atoms with E-state index in [1.54, 1.807) is 73.1 Å². The Morgan fingerprint density at radius 1 is 0.467 bits per heavy atom. The molecule has 14 atom stereocenters. The highest BCUT2D eigenvalue weighted by Crippen LogP contribution is 2.54. The maximum Gasteiger partial charge on any atom is 0.473 e. The van der Waals surface area contributed by atoms with Crippen molar-refractivity contribution in [2.45, 2.75) is 315 Å². The number of nitrogens with two attached hydrogens (primary N) is 4. The van der Waals surface area contributed by atoms with Gasteiger partial charge in [0.15, 0.2) is 0 Å². The van der Waals surface area contributed by atoms with Crippen molar-refractivity contribution in [3.8, 4) is 0 Å². The van der Waals surface area contributed by atoms with Gasteiger partial charge in [0, 0.05) is 56.0 Å². The van der Waals surface area contributed by atoms with Crippen molar-refractivity contribution in [1.29, 1.82) is 0 Å². The zero-order valence-corrected chi connectivity index (χ0v) is 70.5. The molecule has 36 heteroatoms. The molecule has 6 unspecified atom stereocenters. The molecule has 4 aromatic rings. The highest BCUT2D eigenvalue weighted by atomic mass is 32.5. The lowest BCUT2D eigenvalue weighted by Crippen LogP contribution is -2.35. The van der Waals surface area contributed by atoms with Gasteiger partial charge in [-0.3, -0.25) is 27.3 Å². The van der Waals surface area contributed by atoms with Crippen molar-refractivity contribution >= 4 is 68.1 Å². The maximum absolute atomic E-state index is 12.4. The van der Waals surface area contributed by atoms with E-state index < -0.39 is 98.7 Å². The van der Waals surface area contributed by atoms with Gasteiger partial charge in [0.05, 0.1) is 65.6 Å². The smallest absolute Gasteiger partial charge is 0.383 e. The zero-order chi connectivity index (χ0) is 80.5. The van der Waals surface area contributed by atoms with Crippen LogP contribution in [0.3, 0.4) is 0 Å². The largest absolute Gasteiger partial charge is 0.473 e. The van der Waals surface area contributed by atoms with Gasteiger partial charge in [-0.05, 0) is 164 Å². The first-order chi connectivity index (χ1) is 47.3. The first kappa shape index (κ1) is 93.1. The van der Waals surface area contributed by atoms with E-state index in [9.17, 15) is 43.3 Å². The number of nitrogens with zero attached hydrogens (tertiary/aromatic N) is 8. The molecule has 105 heavy (non-hydrogen) atoms. The molecule has 0 saturated carbocycles. The molecule has 0 aliphatic carbocycles. The van der Waals surface area contributed by atoms with Gasteiger partial charge in [-0.25, -0.2) is 23.7 Å². The minimum atomic E-state index is -4.31. The molecule has 0 spiro atoms. The van der Waals surface area contributed by atoms with Crippen molar-refractivity contribution in [2.75, 3.05) is 22.9 Å². The van der Waals surface area contributed by atoms with Crippen molar-refractivity contribution in [3.63, 3.8) is 0 Å². The lowest BCUT2D eigenvalue weighted by molar-refractivity contribution is -0.102. The number of ether oxygens (including phenoxy) is 5. The van der Waals surface area contributed by atoms with Gasteiger partial charge in [0.2, 0.25) is 0 Å². The molecule has 4 fully saturated rings. The van der Waals surface area contributed by atoms with Crippen LogP contribution in [0.1, 0.15) is 248 Å². The van der Waals surface area contributed by atoms with Crippen LogP contribution in [0.25, 0.3) is 0 Å². The van der Waals surface area contributed by atoms with Crippen LogP contribution in [0, 0.1) is 34.5 Å². The van der Waals surface area contributed by atoms with Crippen LogP contribution in [0.2, 0.25) is 0 Å². The van der Waals surface area contributed by atoms with Crippen LogP contribution in [-0.4, -0.2) is 123 Å². The van der Waals surface area contributed by atoms with E-state index in [0.29, 0.717) is 37.7 Å². The van der Waals surface area contributed by atoms with Crippen LogP contribution >= 0.6 is 21.3 Å². The van der Waals surface area contributed by atoms with E-state index in [1.165, 1.54) is 36.6 Å². The highest BCUT2D eigenvalue weighted by molar-refractivity contribution is 8.07. The minimum Gasteiger partial charge on any atom is -0.383 e. The fraction of sp³-hybridized carbons (Fsp3) is 0.768. The summed E-state index contributed by atoms with van der Waals surface area (Å²) in [7, 11) is -4.31. The first-order valence-electron chi connectivity index (χ1n) is 35.2. The second kappa shape index (κ2) is 36.7. The number of hydrogen-bond acceptors (Lipinski definition) is 25. The summed E-state index contributed by atoms with van der Waals surface area (Å²) in [5, 5.41) is 0. The van der Waals surface area contributed by atoms with E-state index in [2.05, 4.69) is 94.1 Å². The quantitative estimate of drug-likeness (QED) is 0.0455. The third kappa shape index (κ3) is 34.2. The van der Waals surface area contributed by atoms with Gasteiger partial charge in [-0.1, -0.05) is 104 Å². The number of anilines is 4. The lowest BCUT2D eigenvalue weighted by Gasteiger charge is -2.31. The Morgan fingerprint density at radius 2 is 0.752 bits per heavy atom. The second-order valence-corrected chi connectivity index (χ2v) is 42.1. The fourth-order valence-corrected chi connectivity index (χ4v) is 16.0. The fourth-order valence-electron chi connectivity index (χ4n) is 11.5. The van der Waals surface area contributed by atoms with Crippen molar-refractivity contribution in [1.82, 2.24) is 38.2 Å². The van der Waals surface area contributed by atoms with Gasteiger partial charge < -0.3 is 79.8 Å². The summed E-state index contributed by atoms with van der Waals surface area (Å²) in [4.78, 5) is 103. The third-order valence-corrected chi connectivity index (χ3v) is 19.0. The van der Waals surface area contributed by atoms with E-state index in [4.69, 9.17) is 81.0 Å². The van der Waals surface area contributed by atoms with Gasteiger partial charge in [0.1, 0.15) is 48.2 Å². The number of aromatic nitrogens is 8. The molecule has 0 amide bonds. The molecule has 8 heterocycles. The number of rotatable bonds is 17. The summed E-state index contributed by atoms with van der Waals surface area (Å²) >= 11 is 9.77. The normalized spacial score (nSPS) is 25.2. The average molecular weight is 1580 g/mol. The molecule has 4 aliphatic rings. The van der Waals surface area contributed by atoms with Crippen LogP contribution in [0.5, 0.6) is 0 Å².